The fraction of sp³-hybridized carbons (Fsp3) is 0.290. The number of amides is 1. The average molecular weight is 452 g/mol. The van der Waals surface area contributed by atoms with E-state index in [1.807, 2.05) is 42.5 Å². The van der Waals surface area contributed by atoms with Crippen LogP contribution in [0.2, 0.25) is 0 Å². The smallest absolute Gasteiger partial charge is 0.407 e. The Morgan fingerprint density at radius 1 is 0.824 bits per heavy atom. The minimum Gasteiger partial charge on any atom is -0.445 e. The summed E-state index contributed by atoms with van der Waals surface area (Å²) in [6.07, 6.45) is 8.63. The lowest BCUT2D eigenvalue weighted by atomic mass is 9.72. The maximum absolute atomic E-state index is 12.7. The number of allylic oxidation sites excluding steroid dienone is 1. The van der Waals surface area contributed by atoms with Gasteiger partial charge in [0.1, 0.15) is 6.61 Å². The maximum atomic E-state index is 12.7. The molecule has 3 nitrogen and oxygen atoms in total. The van der Waals surface area contributed by atoms with E-state index >= 15 is 0 Å². The second kappa shape index (κ2) is 12.1. The van der Waals surface area contributed by atoms with Crippen molar-refractivity contribution in [1.82, 2.24) is 5.32 Å². The van der Waals surface area contributed by atoms with Crippen LogP contribution in [0.1, 0.15) is 55.2 Å². The summed E-state index contributed by atoms with van der Waals surface area (Å²) in [5, 5.41) is 3.06. The molecule has 3 heteroatoms. The van der Waals surface area contributed by atoms with Crippen LogP contribution in [0.25, 0.3) is 0 Å². The van der Waals surface area contributed by atoms with E-state index in [0.29, 0.717) is 6.54 Å². The third-order valence-corrected chi connectivity index (χ3v) is 6.61. The van der Waals surface area contributed by atoms with Crippen LogP contribution in [0.5, 0.6) is 0 Å². The summed E-state index contributed by atoms with van der Waals surface area (Å²) in [5.41, 5.74) is 7.89. The van der Waals surface area contributed by atoms with Gasteiger partial charge in [-0.1, -0.05) is 97.4 Å². The Bertz CT molecular complexity index is 1050. The Morgan fingerprint density at radius 3 is 1.97 bits per heavy atom. The molecule has 174 valence electrons. The van der Waals surface area contributed by atoms with Crippen LogP contribution < -0.4 is 5.32 Å². The number of alkyl carbamates (subject to hydrolysis) is 1. The topological polar surface area (TPSA) is 38.3 Å². The Kier molecular flexibility index (Phi) is 8.38. The molecule has 0 atom stereocenters. The number of ether oxygens (including phenoxy) is 1. The highest BCUT2D eigenvalue weighted by Crippen LogP contribution is 2.36. The minimum atomic E-state index is -0.420. The van der Waals surface area contributed by atoms with E-state index in [1.165, 1.54) is 24.8 Å². The van der Waals surface area contributed by atoms with E-state index < -0.39 is 11.5 Å². The van der Waals surface area contributed by atoms with Crippen LogP contribution in [0.4, 0.5) is 4.79 Å². The number of carbonyl (C=O) groups excluding carboxylic acids is 1. The Labute approximate surface area is 203 Å². The summed E-state index contributed by atoms with van der Waals surface area (Å²) in [4.78, 5) is 12.7. The van der Waals surface area contributed by atoms with Gasteiger partial charge in [0, 0.05) is 12.0 Å². The van der Waals surface area contributed by atoms with Gasteiger partial charge in [0.15, 0.2) is 0 Å². The zero-order valence-electron chi connectivity index (χ0n) is 19.7. The van der Waals surface area contributed by atoms with E-state index in [4.69, 9.17) is 4.74 Å². The molecular formula is C31H33NO2. The lowest BCUT2D eigenvalue weighted by Gasteiger charge is -2.34. The first-order valence-electron chi connectivity index (χ1n) is 12.2. The largest absolute Gasteiger partial charge is 0.445 e. The first-order chi connectivity index (χ1) is 16.8. The van der Waals surface area contributed by atoms with Gasteiger partial charge in [-0.05, 0) is 60.4 Å². The molecule has 0 heterocycles. The zero-order chi connectivity index (χ0) is 23.5. The van der Waals surface area contributed by atoms with E-state index in [0.717, 1.165) is 36.0 Å². The van der Waals surface area contributed by atoms with Crippen LogP contribution in [0.3, 0.4) is 0 Å². The molecule has 1 saturated carbocycles. The van der Waals surface area contributed by atoms with Crippen molar-refractivity contribution in [2.45, 2.75) is 50.5 Å². The van der Waals surface area contributed by atoms with Crippen LogP contribution in [0.15, 0.2) is 108 Å². The molecule has 0 radical (unpaired) electrons. The molecule has 0 spiro atoms. The summed E-state index contributed by atoms with van der Waals surface area (Å²) in [7, 11) is 0. The molecule has 4 rings (SSSR count). The molecule has 1 amide bonds. The van der Waals surface area contributed by atoms with Gasteiger partial charge >= 0.3 is 6.09 Å². The fourth-order valence-corrected chi connectivity index (χ4v) is 4.68. The van der Waals surface area contributed by atoms with Gasteiger partial charge in [0.05, 0.1) is 0 Å². The van der Waals surface area contributed by atoms with E-state index in [2.05, 4.69) is 65.7 Å². The molecule has 1 aliphatic rings. The maximum Gasteiger partial charge on any atom is 0.407 e. The quantitative estimate of drug-likeness (QED) is 0.364. The predicted molar refractivity (Wildman–Crippen MR) is 138 cm³/mol. The number of rotatable bonds is 8. The van der Waals surface area contributed by atoms with Crippen molar-refractivity contribution in [3.63, 3.8) is 0 Å². The van der Waals surface area contributed by atoms with Crippen molar-refractivity contribution >= 4 is 6.09 Å². The molecular weight excluding hydrogens is 418 g/mol. The van der Waals surface area contributed by atoms with E-state index in [9.17, 15) is 4.79 Å². The first-order valence-corrected chi connectivity index (χ1v) is 12.2. The van der Waals surface area contributed by atoms with Crippen molar-refractivity contribution in [3.05, 3.63) is 125 Å². The summed E-state index contributed by atoms with van der Waals surface area (Å²) >= 11 is 0. The van der Waals surface area contributed by atoms with Gasteiger partial charge in [0.25, 0.3) is 0 Å². The molecule has 3 aromatic rings. The van der Waals surface area contributed by atoms with Crippen LogP contribution in [-0.2, 0) is 16.8 Å². The van der Waals surface area contributed by atoms with Gasteiger partial charge in [-0.25, -0.2) is 4.79 Å². The highest BCUT2D eigenvalue weighted by molar-refractivity contribution is 5.67. The molecule has 3 aromatic carbocycles. The summed E-state index contributed by atoms with van der Waals surface area (Å²) in [6.45, 7) is 0.685. The molecule has 34 heavy (non-hydrogen) atoms. The lowest BCUT2D eigenvalue weighted by Crippen LogP contribution is -2.41. The van der Waals surface area contributed by atoms with E-state index in [-0.39, 0.29) is 6.61 Å². The van der Waals surface area contributed by atoms with Gasteiger partial charge in [-0.2, -0.15) is 0 Å². The predicted octanol–water partition coefficient (Wildman–Crippen LogP) is 7.33. The van der Waals surface area contributed by atoms with Crippen LogP contribution >= 0.6 is 0 Å². The highest BCUT2D eigenvalue weighted by Gasteiger charge is 2.34. The number of carbonyl (C=O) groups is 1. The van der Waals surface area contributed by atoms with Crippen molar-refractivity contribution in [1.29, 1.82) is 0 Å². The van der Waals surface area contributed by atoms with Crippen molar-refractivity contribution < 1.29 is 9.53 Å². The molecule has 1 fully saturated rings. The second-order valence-corrected chi connectivity index (χ2v) is 8.95. The summed E-state index contributed by atoms with van der Waals surface area (Å²) in [6, 6.07) is 30.6. The first kappa shape index (κ1) is 23.6. The van der Waals surface area contributed by atoms with E-state index in [1.54, 1.807) is 0 Å². The third kappa shape index (κ3) is 6.27. The molecule has 0 bridgehead atoms. The Balaban J connectivity index is 1.59. The number of hydrogen-bond donors (Lipinski definition) is 1. The van der Waals surface area contributed by atoms with Crippen molar-refractivity contribution in [3.8, 4) is 0 Å². The van der Waals surface area contributed by atoms with Crippen LogP contribution in [-0.4, -0.2) is 12.6 Å². The van der Waals surface area contributed by atoms with Crippen LogP contribution in [0, 0.1) is 0 Å². The fourth-order valence-electron chi connectivity index (χ4n) is 4.68. The molecule has 1 aliphatic carbocycles. The molecule has 0 aliphatic heterocycles. The summed E-state index contributed by atoms with van der Waals surface area (Å²) < 4.78 is 5.51. The molecule has 0 unspecified atom stereocenters. The monoisotopic (exact) mass is 451 g/mol. The summed E-state index contributed by atoms with van der Waals surface area (Å²) in [5.74, 6) is 0. The van der Waals surface area contributed by atoms with Gasteiger partial charge in [0.2, 0.25) is 0 Å². The number of benzene rings is 3. The second-order valence-electron chi connectivity index (χ2n) is 8.95. The zero-order valence-corrected chi connectivity index (χ0v) is 19.7. The molecule has 0 saturated heterocycles. The normalized spacial score (nSPS) is 13.6. The Hall–Kier alpha value is -3.55. The Morgan fingerprint density at radius 2 is 1.38 bits per heavy atom. The SMILES string of the molecule is O=C(NCC(CC=C=C1CCCCC1)(c1ccccc1)c1ccccc1)OCc1ccccc1. The van der Waals surface area contributed by atoms with Gasteiger partial charge in [-0.3, -0.25) is 0 Å². The number of nitrogens with one attached hydrogen (secondary N) is 1. The van der Waals surface area contributed by atoms with Gasteiger partial charge < -0.3 is 10.1 Å². The number of hydrogen-bond acceptors (Lipinski definition) is 2. The average Bonchev–Trinajstić information content (AvgIpc) is 2.92. The lowest BCUT2D eigenvalue weighted by molar-refractivity contribution is 0.137. The molecule has 1 N–H and O–H groups in total. The standard InChI is InChI=1S/C31H33NO2/c33-30(34-24-27-16-7-2-8-17-27)32-25-31(28-19-9-3-10-20-28,29-21-11-4-12-22-29)23-13-18-26-14-5-1-6-15-26/h2-4,7-13,16-17,19-22H,1,5-6,14-15,23-25H2,(H,32,33). The minimum absolute atomic E-state index is 0.252. The highest BCUT2D eigenvalue weighted by atomic mass is 16.5. The molecule has 0 aromatic heterocycles. The van der Waals surface area contributed by atoms with Crippen molar-refractivity contribution in [2.24, 2.45) is 0 Å². The third-order valence-electron chi connectivity index (χ3n) is 6.61. The van der Waals surface area contributed by atoms with Gasteiger partial charge in [-0.15, -0.1) is 5.73 Å². The van der Waals surface area contributed by atoms with Crippen molar-refractivity contribution in [2.75, 3.05) is 6.54 Å².